The van der Waals surface area contributed by atoms with E-state index < -0.39 is 0 Å². The summed E-state index contributed by atoms with van der Waals surface area (Å²) in [6.45, 7) is 4.40. The van der Waals surface area contributed by atoms with Crippen molar-refractivity contribution in [3.05, 3.63) is 27.3 Å². The fourth-order valence-corrected chi connectivity index (χ4v) is 3.45. The third-order valence-corrected chi connectivity index (χ3v) is 5.32. The second kappa shape index (κ2) is 8.01. The summed E-state index contributed by atoms with van der Waals surface area (Å²) < 4.78 is 6.49. The summed E-state index contributed by atoms with van der Waals surface area (Å²) in [6, 6.07) is 6.02. The molecule has 1 fully saturated rings. The van der Waals surface area contributed by atoms with Crippen LogP contribution in [0.1, 0.15) is 44.6 Å². The SMILES string of the molecule is CCOC(=O)C(Nc1ccc(C)c(I)c1)C1CCCCC1. The van der Waals surface area contributed by atoms with Crippen LogP contribution in [0.2, 0.25) is 0 Å². The van der Waals surface area contributed by atoms with Crippen molar-refractivity contribution in [2.75, 3.05) is 11.9 Å². The van der Waals surface area contributed by atoms with Crippen molar-refractivity contribution in [1.29, 1.82) is 0 Å². The second-order valence-corrected chi connectivity index (χ2v) is 6.90. The van der Waals surface area contributed by atoms with Gasteiger partial charge in [-0.15, -0.1) is 0 Å². The quantitative estimate of drug-likeness (QED) is 0.582. The molecule has 3 nitrogen and oxygen atoms in total. The number of aryl methyl sites for hydroxylation is 1. The van der Waals surface area contributed by atoms with E-state index in [2.05, 4.69) is 47.0 Å². The van der Waals surface area contributed by atoms with Gasteiger partial charge in [0, 0.05) is 9.26 Å². The molecule has 21 heavy (non-hydrogen) atoms. The number of benzene rings is 1. The van der Waals surface area contributed by atoms with E-state index in [1.165, 1.54) is 28.4 Å². The standard InChI is InChI=1S/C17H24INO2/c1-3-21-17(20)16(13-7-5-4-6-8-13)19-14-10-9-12(2)15(18)11-14/h9-11,13,16,19H,3-8H2,1-2H3. The normalized spacial score (nSPS) is 17.3. The maximum atomic E-state index is 12.3. The minimum Gasteiger partial charge on any atom is -0.464 e. The van der Waals surface area contributed by atoms with Gasteiger partial charge in [0.15, 0.2) is 0 Å². The van der Waals surface area contributed by atoms with Gasteiger partial charge in [0.25, 0.3) is 0 Å². The number of esters is 1. The van der Waals surface area contributed by atoms with Crippen molar-refractivity contribution in [2.45, 2.75) is 52.0 Å². The van der Waals surface area contributed by atoms with E-state index >= 15 is 0 Å². The fraction of sp³-hybridized carbons (Fsp3) is 0.588. The number of hydrogen-bond donors (Lipinski definition) is 1. The first-order valence-electron chi connectivity index (χ1n) is 7.81. The van der Waals surface area contributed by atoms with E-state index in [0.29, 0.717) is 12.5 Å². The molecule has 1 saturated carbocycles. The number of hydrogen-bond acceptors (Lipinski definition) is 3. The van der Waals surface area contributed by atoms with Gasteiger partial charge in [-0.2, -0.15) is 0 Å². The molecule has 0 saturated heterocycles. The minimum absolute atomic E-state index is 0.111. The predicted molar refractivity (Wildman–Crippen MR) is 94.5 cm³/mol. The molecule has 0 amide bonds. The minimum atomic E-state index is -0.219. The zero-order valence-electron chi connectivity index (χ0n) is 12.8. The Kier molecular flexibility index (Phi) is 6.33. The van der Waals surface area contributed by atoms with Crippen molar-refractivity contribution in [3.8, 4) is 0 Å². The molecule has 1 aliphatic carbocycles. The molecule has 1 aromatic carbocycles. The molecule has 1 aromatic rings. The number of carbonyl (C=O) groups excluding carboxylic acids is 1. The summed E-state index contributed by atoms with van der Waals surface area (Å²) in [5, 5.41) is 3.42. The summed E-state index contributed by atoms with van der Waals surface area (Å²) in [6.07, 6.45) is 5.94. The molecule has 0 aromatic heterocycles. The molecular formula is C17H24INO2. The van der Waals surface area contributed by atoms with Gasteiger partial charge in [-0.1, -0.05) is 25.3 Å². The number of carbonyl (C=O) groups is 1. The highest BCUT2D eigenvalue weighted by Gasteiger charge is 2.30. The molecule has 2 rings (SSSR count). The van der Waals surface area contributed by atoms with Crippen molar-refractivity contribution in [1.82, 2.24) is 0 Å². The Labute approximate surface area is 141 Å². The molecule has 1 unspecified atom stereocenters. The van der Waals surface area contributed by atoms with Crippen molar-refractivity contribution < 1.29 is 9.53 Å². The van der Waals surface area contributed by atoms with Crippen LogP contribution in [-0.4, -0.2) is 18.6 Å². The summed E-state index contributed by atoms with van der Waals surface area (Å²) in [5.74, 6) is 0.275. The summed E-state index contributed by atoms with van der Waals surface area (Å²) in [7, 11) is 0. The van der Waals surface area contributed by atoms with Gasteiger partial charge in [0.1, 0.15) is 6.04 Å². The van der Waals surface area contributed by atoms with Crippen LogP contribution in [0.15, 0.2) is 18.2 Å². The fourth-order valence-electron chi connectivity index (χ4n) is 2.93. The van der Waals surface area contributed by atoms with Crippen LogP contribution < -0.4 is 5.32 Å². The number of nitrogens with one attached hydrogen (secondary N) is 1. The molecule has 1 aliphatic rings. The van der Waals surface area contributed by atoms with Crippen LogP contribution in [0.25, 0.3) is 0 Å². The first-order valence-corrected chi connectivity index (χ1v) is 8.89. The van der Waals surface area contributed by atoms with Crippen LogP contribution in [0.4, 0.5) is 5.69 Å². The van der Waals surface area contributed by atoms with Gasteiger partial charge in [-0.25, -0.2) is 4.79 Å². The Hall–Kier alpha value is -0.780. The van der Waals surface area contributed by atoms with Crippen LogP contribution in [0.5, 0.6) is 0 Å². The van der Waals surface area contributed by atoms with Gasteiger partial charge in [-0.3, -0.25) is 0 Å². The van der Waals surface area contributed by atoms with Gasteiger partial charge in [-0.05, 0) is 72.9 Å². The van der Waals surface area contributed by atoms with Crippen LogP contribution in [0, 0.1) is 16.4 Å². The summed E-state index contributed by atoms with van der Waals surface area (Å²) in [5.41, 5.74) is 2.26. The zero-order valence-corrected chi connectivity index (χ0v) is 15.0. The molecule has 0 bridgehead atoms. The Morgan fingerprint density at radius 2 is 2.10 bits per heavy atom. The lowest BCUT2D eigenvalue weighted by molar-refractivity contribution is -0.145. The highest BCUT2D eigenvalue weighted by atomic mass is 127. The molecule has 0 heterocycles. The molecule has 116 valence electrons. The smallest absolute Gasteiger partial charge is 0.328 e. The lowest BCUT2D eigenvalue weighted by Crippen LogP contribution is -2.39. The van der Waals surface area contributed by atoms with E-state index in [1.54, 1.807) is 0 Å². The molecular weight excluding hydrogens is 377 g/mol. The monoisotopic (exact) mass is 401 g/mol. The molecule has 0 radical (unpaired) electrons. The highest BCUT2D eigenvalue weighted by Crippen LogP contribution is 2.29. The number of ether oxygens (including phenoxy) is 1. The van der Waals surface area contributed by atoms with Gasteiger partial charge < -0.3 is 10.1 Å². The van der Waals surface area contributed by atoms with E-state index in [1.807, 2.05) is 13.0 Å². The summed E-state index contributed by atoms with van der Waals surface area (Å²) >= 11 is 2.33. The average molecular weight is 401 g/mol. The number of anilines is 1. The van der Waals surface area contributed by atoms with Crippen molar-refractivity contribution >= 4 is 34.2 Å². The van der Waals surface area contributed by atoms with Crippen LogP contribution in [-0.2, 0) is 9.53 Å². The number of rotatable bonds is 5. The maximum absolute atomic E-state index is 12.3. The largest absolute Gasteiger partial charge is 0.464 e. The highest BCUT2D eigenvalue weighted by molar-refractivity contribution is 14.1. The maximum Gasteiger partial charge on any atom is 0.328 e. The Bertz CT molecular complexity index is 484. The molecule has 1 atom stereocenters. The van der Waals surface area contributed by atoms with Gasteiger partial charge in [0.2, 0.25) is 0 Å². The van der Waals surface area contributed by atoms with Crippen LogP contribution >= 0.6 is 22.6 Å². The lowest BCUT2D eigenvalue weighted by atomic mass is 9.83. The third-order valence-electron chi connectivity index (χ3n) is 4.16. The van der Waals surface area contributed by atoms with Crippen LogP contribution in [0.3, 0.4) is 0 Å². The number of halogens is 1. The van der Waals surface area contributed by atoms with E-state index in [4.69, 9.17) is 4.74 Å². The van der Waals surface area contributed by atoms with Crippen molar-refractivity contribution in [2.24, 2.45) is 5.92 Å². The molecule has 0 aliphatic heterocycles. The lowest BCUT2D eigenvalue weighted by Gasteiger charge is -2.30. The molecule has 1 N–H and O–H groups in total. The third kappa shape index (κ3) is 4.59. The van der Waals surface area contributed by atoms with Gasteiger partial charge >= 0.3 is 5.97 Å². The van der Waals surface area contributed by atoms with E-state index in [0.717, 1.165) is 18.5 Å². The molecule has 4 heteroatoms. The Morgan fingerprint density at radius 3 is 2.71 bits per heavy atom. The van der Waals surface area contributed by atoms with E-state index in [9.17, 15) is 4.79 Å². The second-order valence-electron chi connectivity index (χ2n) is 5.74. The zero-order chi connectivity index (χ0) is 15.2. The van der Waals surface area contributed by atoms with E-state index in [-0.39, 0.29) is 12.0 Å². The molecule has 0 spiro atoms. The first kappa shape index (κ1) is 16.6. The first-order chi connectivity index (χ1) is 10.1. The van der Waals surface area contributed by atoms with Crippen molar-refractivity contribution in [3.63, 3.8) is 0 Å². The van der Waals surface area contributed by atoms with Gasteiger partial charge in [0.05, 0.1) is 6.61 Å². The predicted octanol–water partition coefficient (Wildman–Crippen LogP) is 4.52. The summed E-state index contributed by atoms with van der Waals surface area (Å²) in [4.78, 5) is 12.3. The Balaban J connectivity index is 2.13. The topological polar surface area (TPSA) is 38.3 Å². The average Bonchev–Trinajstić information content (AvgIpc) is 2.49. The Morgan fingerprint density at radius 1 is 1.38 bits per heavy atom.